The standard InChI is InChI=1S/C19H23F2N3OS/c1-2-24(16-7-4-3-5-8-16)14-6-13-22-19(26)23-15-9-11-17(12-10-15)25-18(20)21/h3-5,7-12,18H,2,6,13-14H2,1H3,(H2,22,23,26). The number of ether oxygens (including phenoxy) is 1. The quantitative estimate of drug-likeness (QED) is 0.496. The molecule has 2 aromatic rings. The minimum absolute atomic E-state index is 0.116. The number of para-hydroxylation sites is 1. The van der Waals surface area contributed by atoms with Gasteiger partial charge in [-0.25, -0.2) is 0 Å². The lowest BCUT2D eigenvalue weighted by Gasteiger charge is -2.23. The first kappa shape index (κ1) is 19.9. The van der Waals surface area contributed by atoms with Gasteiger partial charge in [0, 0.05) is 31.0 Å². The van der Waals surface area contributed by atoms with Gasteiger partial charge in [-0.2, -0.15) is 8.78 Å². The van der Waals surface area contributed by atoms with Gasteiger partial charge in [0.05, 0.1) is 0 Å². The third-order valence-corrected chi connectivity index (χ3v) is 3.98. The fourth-order valence-corrected chi connectivity index (χ4v) is 2.70. The van der Waals surface area contributed by atoms with Gasteiger partial charge in [0.15, 0.2) is 5.11 Å². The summed E-state index contributed by atoms with van der Waals surface area (Å²) in [7, 11) is 0. The number of alkyl halides is 2. The average molecular weight is 379 g/mol. The van der Waals surface area contributed by atoms with Gasteiger partial charge >= 0.3 is 6.61 Å². The Bertz CT molecular complexity index is 668. The molecule has 0 saturated carbocycles. The lowest BCUT2D eigenvalue weighted by Crippen LogP contribution is -2.32. The maximum absolute atomic E-state index is 12.1. The molecule has 7 heteroatoms. The van der Waals surface area contributed by atoms with Crippen molar-refractivity contribution in [1.29, 1.82) is 0 Å². The van der Waals surface area contributed by atoms with Crippen molar-refractivity contribution in [2.75, 3.05) is 29.9 Å². The second-order valence-corrected chi connectivity index (χ2v) is 5.96. The first-order valence-electron chi connectivity index (χ1n) is 8.48. The van der Waals surface area contributed by atoms with E-state index >= 15 is 0 Å². The number of hydrogen-bond donors (Lipinski definition) is 2. The highest BCUT2D eigenvalue weighted by Gasteiger charge is 2.05. The maximum atomic E-state index is 12.1. The van der Waals surface area contributed by atoms with Crippen LogP contribution < -0.4 is 20.3 Å². The van der Waals surface area contributed by atoms with Crippen LogP contribution >= 0.6 is 12.2 Å². The van der Waals surface area contributed by atoms with Crippen LogP contribution in [0.1, 0.15) is 13.3 Å². The van der Waals surface area contributed by atoms with Crippen LogP contribution in [-0.2, 0) is 0 Å². The predicted octanol–water partition coefficient (Wildman–Crippen LogP) is 4.49. The van der Waals surface area contributed by atoms with E-state index in [9.17, 15) is 8.78 Å². The lowest BCUT2D eigenvalue weighted by molar-refractivity contribution is -0.0498. The van der Waals surface area contributed by atoms with E-state index in [1.807, 2.05) is 18.2 Å². The normalized spacial score (nSPS) is 10.5. The SMILES string of the molecule is CCN(CCCNC(=S)Nc1ccc(OC(F)F)cc1)c1ccccc1. The van der Waals surface area contributed by atoms with Crippen LogP contribution in [0.4, 0.5) is 20.2 Å². The summed E-state index contributed by atoms with van der Waals surface area (Å²) in [6, 6.07) is 16.5. The maximum Gasteiger partial charge on any atom is 0.387 e. The molecule has 0 heterocycles. The Labute approximate surface area is 158 Å². The van der Waals surface area contributed by atoms with Crippen molar-refractivity contribution in [1.82, 2.24) is 5.32 Å². The molecule has 4 nitrogen and oxygen atoms in total. The Balaban J connectivity index is 1.70. The van der Waals surface area contributed by atoms with Gasteiger partial charge in [0.25, 0.3) is 0 Å². The fraction of sp³-hybridized carbons (Fsp3) is 0.316. The van der Waals surface area contributed by atoms with Gasteiger partial charge < -0.3 is 20.3 Å². The summed E-state index contributed by atoms with van der Waals surface area (Å²) in [4.78, 5) is 2.31. The Morgan fingerprint density at radius 3 is 2.42 bits per heavy atom. The molecule has 0 spiro atoms. The molecule has 0 aliphatic heterocycles. The highest BCUT2D eigenvalue weighted by atomic mass is 32.1. The Morgan fingerprint density at radius 1 is 1.12 bits per heavy atom. The van der Waals surface area contributed by atoms with Crippen molar-refractivity contribution in [2.45, 2.75) is 20.0 Å². The van der Waals surface area contributed by atoms with Crippen LogP contribution in [0.3, 0.4) is 0 Å². The molecule has 0 aliphatic carbocycles. The second-order valence-electron chi connectivity index (χ2n) is 5.55. The Kier molecular flexibility index (Phi) is 8.08. The van der Waals surface area contributed by atoms with E-state index in [0.29, 0.717) is 10.8 Å². The van der Waals surface area contributed by atoms with E-state index in [2.05, 4.69) is 39.3 Å². The lowest BCUT2D eigenvalue weighted by atomic mass is 10.2. The number of nitrogens with one attached hydrogen (secondary N) is 2. The summed E-state index contributed by atoms with van der Waals surface area (Å²) in [6.45, 7) is 1.92. The molecule has 2 aromatic carbocycles. The minimum Gasteiger partial charge on any atom is -0.435 e. The number of benzene rings is 2. The van der Waals surface area contributed by atoms with Crippen LogP contribution in [0.25, 0.3) is 0 Å². The largest absolute Gasteiger partial charge is 0.435 e. The predicted molar refractivity (Wildman–Crippen MR) is 106 cm³/mol. The van der Waals surface area contributed by atoms with Gasteiger partial charge in [0.1, 0.15) is 5.75 Å². The van der Waals surface area contributed by atoms with Gasteiger partial charge in [-0.15, -0.1) is 0 Å². The van der Waals surface area contributed by atoms with Crippen molar-refractivity contribution in [3.8, 4) is 5.75 Å². The first-order chi connectivity index (χ1) is 12.6. The van der Waals surface area contributed by atoms with Gasteiger partial charge in [-0.1, -0.05) is 18.2 Å². The van der Waals surface area contributed by atoms with Crippen molar-refractivity contribution < 1.29 is 13.5 Å². The van der Waals surface area contributed by atoms with Crippen LogP contribution in [0.5, 0.6) is 5.75 Å². The molecule has 0 amide bonds. The molecular formula is C19H23F2N3OS. The monoisotopic (exact) mass is 379 g/mol. The highest BCUT2D eigenvalue weighted by Crippen LogP contribution is 2.17. The third kappa shape index (κ3) is 6.84. The molecule has 26 heavy (non-hydrogen) atoms. The topological polar surface area (TPSA) is 36.5 Å². The number of anilines is 2. The van der Waals surface area contributed by atoms with E-state index in [1.54, 1.807) is 12.1 Å². The molecule has 0 aromatic heterocycles. The zero-order chi connectivity index (χ0) is 18.8. The number of rotatable bonds is 9. The Hall–Kier alpha value is -2.41. The van der Waals surface area contributed by atoms with Gasteiger partial charge in [0.2, 0.25) is 0 Å². The van der Waals surface area contributed by atoms with E-state index in [4.69, 9.17) is 12.2 Å². The van der Waals surface area contributed by atoms with Gasteiger partial charge in [-0.05, 0) is 62.0 Å². The number of nitrogens with zero attached hydrogens (tertiary/aromatic N) is 1. The molecule has 0 saturated heterocycles. The summed E-state index contributed by atoms with van der Waals surface area (Å²) in [5.41, 5.74) is 1.92. The van der Waals surface area contributed by atoms with E-state index in [1.165, 1.54) is 17.8 Å². The minimum atomic E-state index is -2.82. The molecule has 2 N–H and O–H groups in total. The molecule has 0 bridgehead atoms. The number of hydrogen-bond acceptors (Lipinski definition) is 3. The molecule has 2 rings (SSSR count). The van der Waals surface area contributed by atoms with Crippen molar-refractivity contribution >= 4 is 28.7 Å². The average Bonchev–Trinajstić information content (AvgIpc) is 2.64. The van der Waals surface area contributed by atoms with Gasteiger partial charge in [-0.3, -0.25) is 0 Å². The molecule has 0 fully saturated rings. The van der Waals surface area contributed by atoms with Crippen LogP contribution in [0.15, 0.2) is 54.6 Å². The summed E-state index contributed by atoms with van der Waals surface area (Å²) < 4.78 is 28.6. The summed E-state index contributed by atoms with van der Waals surface area (Å²) in [5, 5.41) is 6.67. The molecule has 0 aliphatic rings. The van der Waals surface area contributed by atoms with Crippen molar-refractivity contribution in [3.05, 3.63) is 54.6 Å². The van der Waals surface area contributed by atoms with Crippen molar-refractivity contribution in [2.24, 2.45) is 0 Å². The third-order valence-electron chi connectivity index (χ3n) is 3.73. The molecule has 0 unspecified atom stereocenters. The second kappa shape index (κ2) is 10.6. The highest BCUT2D eigenvalue weighted by molar-refractivity contribution is 7.80. The van der Waals surface area contributed by atoms with Crippen molar-refractivity contribution in [3.63, 3.8) is 0 Å². The summed E-state index contributed by atoms with van der Waals surface area (Å²) >= 11 is 5.25. The summed E-state index contributed by atoms with van der Waals surface area (Å²) in [5.74, 6) is 0.116. The first-order valence-corrected chi connectivity index (χ1v) is 8.89. The van der Waals surface area contributed by atoms with E-state index in [-0.39, 0.29) is 5.75 Å². The fourth-order valence-electron chi connectivity index (χ4n) is 2.48. The molecule has 0 radical (unpaired) electrons. The zero-order valence-electron chi connectivity index (χ0n) is 14.6. The van der Waals surface area contributed by atoms with Crippen LogP contribution in [0.2, 0.25) is 0 Å². The van der Waals surface area contributed by atoms with E-state index < -0.39 is 6.61 Å². The zero-order valence-corrected chi connectivity index (χ0v) is 15.4. The van der Waals surface area contributed by atoms with E-state index in [0.717, 1.165) is 26.1 Å². The smallest absolute Gasteiger partial charge is 0.387 e. The molecular weight excluding hydrogens is 356 g/mol. The summed E-state index contributed by atoms with van der Waals surface area (Å²) in [6.07, 6.45) is 0.936. The van der Waals surface area contributed by atoms with Crippen LogP contribution in [-0.4, -0.2) is 31.4 Å². The number of thiocarbonyl (C=S) groups is 1. The molecule has 140 valence electrons. The number of halogens is 2. The van der Waals surface area contributed by atoms with Crippen LogP contribution in [0, 0.1) is 0 Å². The molecule has 0 atom stereocenters. The Morgan fingerprint density at radius 2 is 1.81 bits per heavy atom.